The van der Waals surface area contributed by atoms with E-state index in [1.54, 1.807) is 31.2 Å². The molecule has 24 heavy (non-hydrogen) atoms. The lowest BCUT2D eigenvalue weighted by atomic mass is 10.1. The van der Waals surface area contributed by atoms with Gasteiger partial charge in [-0.05, 0) is 62.2 Å². The third-order valence-electron chi connectivity index (χ3n) is 3.90. The van der Waals surface area contributed by atoms with E-state index < -0.39 is 17.8 Å². The number of aryl methyl sites for hydroxylation is 3. The maximum absolute atomic E-state index is 12.7. The van der Waals surface area contributed by atoms with Crippen molar-refractivity contribution in [3.8, 4) is 0 Å². The van der Waals surface area contributed by atoms with Gasteiger partial charge in [0.25, 0.3) is 11.8 Å². The van der Waals surface area contributed by atoms with E-state index in [9.17, 15) is 14.4 Å². The van der Waals surface area contributed by atoms with Crippen LogP contribution >= 0.6 is 0 Å². The summed E-state index contributed by atoms with van der Waals surface area (Å²) in [4.78, 5) is 37.8. The first-order valence-corrected chi connectivity index (χ1v) is 7.42. The Kier molecular flexibility index (Phi) is 3.81. The third-order valence-corrected chi connectivity index (χ3v) is 3.90. The zero-order valence-corrected chi connectivity index (χ0v) is 13.5. The summed E-state index contributed by atoms with van der Waals surface area (Å²) in [6.07, 6.45) is 1.34. The molecule has 0 atom stereocenters. The largest absolute Gasteiger partial charge is 0.462 e. The minimum atomic E-state index is -0.763. The smallest absolute Gasteiger partial charge is 0.335 e. The van der Waals surface area contributed by atoms with Gasteiger partial charge in [-0.1, -0.05) is 6.07 Å². The lowest BCUT2D eigenvalue weighted by molar-refractivity contribution is -0.122. The Morgan fingerprint density at radius 1 is 1.00 bits per heavy atom. The van der Waals surface area contributed by atoms with Crippen molar-refractivity contribution in [2.45, 2.75) is 20.8 Å². The number of nitrogens with zero attached hydrogens (tertiary/aromatic N) is 1. The fourth-order valence-electron chi connectivity index (χ4n) is 2.43. The predicted octanol–water partition coefficient (Wildman–Crippen LogP) is 2.87. The Balaban J connectivity index is 2.02. The number of hydrogen-bond donors (Lipinski definition) is 1. The molecule has 3 rings (SSSR count). The first kappa shape index (κ1) is 15.7. The second-order valence-electron chi connectivity index (χ2n) is 5.67. The van der Waals surface area contributed by atoms with Crippen LogP contribution in [0.15, 0.2) is 40.3 Å². The number of furan rings is 1. The summed E-state index contributed by atoms with van der Waals surface area (Å²) in [5.74, 6) is -0.381. The number of rotatable bonds is 2. The maximum atomic E-state index is 12.7. The predicted molar refractivity (Wildman–Crippen MR) is 88.4 cm³/mol. The molecule has 1 aromatic carbocycles. The van der Waals surface area contributed by atoms with E-state index in [2.05, 4.69) is 5.32 Å². The van der Waals surface area contributed by atoms with E-state index in [1.807, 2.05) is 19.9 Å². The van der Waals surface area contributed by atoms with Crippen LogP contribution in [0.3, 0.4) is 0 Å². The van der Waals surface area contributed by atoms with Crippen LogP contribution in [0.5, 0.6) is 0 Å². The van der Waals surface area contributed by atoms with Crippen molar-refractivity contribution in [2.75, 3.05) is 4.90 Å². The van der Waals surface area contributed by atoms with Crippen LogP contribution in [0.2, 0.25) is 0 Å². The summed E-state index contributed by atoms with van der Waals surface area (Å²) in [6, 6.07) is 7.84. The summed E-state index contributed by atoms with van der Waals surface area (Å²) in [5, 5.41) is 2.19. The Hall–Kier alpha value is -3.15. The van der Waals surface area contributed by atoms with E-state index in [0.29, 0.717) is 17.2 Å². The molecule has 6 nitrogen and oxygen atoms in total. The van der Waals surface area contributed by atoms with E-state index in [1.165, 1.54) is 6.08 Å². The van der Waals surface area contributed by atoms with Crippen LogP contribution in [-0.4, -0.2) is 17.8 Å². The number of carbonyl (C=O) groups is 3. The number of imide groups is 2. The van der Waals surface area contributed by atoms with E-state index in [-0.39, 0.29) is 5.57 Å². The molecule has 1 aliphatic heterocycles. The SMILES string of the molecule is Cc1ccc(/C=C2/C(=O)NC(=O)N(c3ccc(C)c(C)c3)C2=O)o1. The Morgan fingerprint density at radius 3 is 2.38 bits per heavy atom. The lowest BCUT2D eigenvalue weighted by Gasteiger charge is -2.26. The van der Waals surface area contributed by atoms with Crippen LogP contribution in [0.1, 0.15) is 22.6 Å². The maximum Gasteiger partial charge on any atom is 0.335 e. The summed E-state index contributed by atoms with van der Waals surface area (Å²) in [7, 11) is 0. The number of hydrogen-bond acceptors (Lipinski definition) is 4. The number of urea groups is 1. The molecule has 4 amide bonds. The zero-order valence-electron chi connectivity index (χ0n) is 13.5. The molecule has 1 aromatic heterocycles. The van der Waals surface area contributed by atoms with Crippen molar-refractivity contribution < 1.29 is 18.8 Å². The van der Waals surface area contributed by atoms with Gasteiger partial charge in [-0.2, -0.15) is 0 Å². The number of anilines is 1. The van der Waals surface area contributed by atoms with Crippen LogP contribution < -0.4 is 10.2 Å². The first-order valence-electron chi connectivity index (χ1n) is 7.42. The van der Waals surface area contributed by atoms with Gasteiger partial charge in [0.2, 0.25) is 0 Å². The summed E-state index contributed by atoms with van der Waals surface area (Å²) >= 11 is 0. The van der Waals surface area contributed by atoms with E-state index in [0.717, 1.165) is 16.0 Å². The average molecular weight is 324 g/mol. The minimum absolute atomic E-state index is 0.151. The monoisotopic (exact) mass is 324 g/mol. The number of amides is 4. The quantitative estimate of drug-likeness (QED) is 0.680. The van der Waals surface area contributed by atoms with Gasteiger partial charge >= 0.3 is 6.03 Å². The zero-order chi connectivity index (χ0) is 17.4. The van der Waals surface area contributed by atoms with Crippen molar-refractivity contribution >= 4 is 29.6 Å². The van der Waals surface area contributed by atoms with Gasteiger partial charge in [0, 0.05) is 0 Å². The highest BCUT2D eigenvalue weighted by molar-refractivity contribution is 6.39. The molecular formula is C18H16N2O4. The Labute approximate surface area is 138 Å². The van der Waals surface area contributed by atoms with Crippen LogP contribution in [-0.2, 0) is 9.59 Å². The average Bonchev–Trinajstić information content (AvgIpc) is 2.92. The van der Waals surface area contributed by atoms with Crippen molar-refractivity contribution in [3.63, 3.8) is 0 Å². The molecule has 0 unspecified atom stereocenters. The molecule has 1 saturated heterocycles. The molecule has 0 spiro atoms. The second-order valence-corrected chi connectivity index (χ2v) is 5.67. The van der Waals surface area contributed by atoms with Crippen molar-refractivity contribution in [1.82, 2.24) is 5.32 Å². The fourth-order valence-corrected chi connectivity index (χ4v) is 2.43. The normalized spacial score (nSPS) is 16.7. The molecule has 122 valence electrons. The number of benzene rings is 1. The van der Waals surface area contributed by atoms with Crippen molar-refractivity contribution in [3.05, 3.63) is 58.6 Å². The fraction of sp³-hybridized carbons (Fsp3) is 0.167. The molecular weight excluding hydrogens is 308 g/mol. The standard InChI is InChI=1S/C18H16N2O4/c1-10-4-6-13(8-11(10)2)20-17(22)15(16(21)19-18(20)23)9-14-7-5-12(3)24-14/h4-9H,1-3H3,(H,19,21,23)/b15-9-. The molecule has 1 aliphatic rings. The summed E-state index contributed by atoms with van der Waals surface area (Å²) < 4.78 is 5.37. The van der Waals surface area contributed by atoms with Gasteiger partial charge in [-0.15, -0.1) is 0 Å². The molecule has 6 heteroatoms. The highest BCUT2D eigenvalue weighted by Crippen LogP contribution is 2.24. The van der Waals surface area contributed by atoms with Gasteiger partial charge in [-0.3, -0.25) is 14.9 Å². The summed E-state index contributed by atoms with van der Waals surface area (Å²) in [6.45, 7) is 5.58. The molecule has 0 aliphatic carbocycles. The van der Waals surface area contributed by atoms with Gasteiger partial charge in [0.05, 0.1) is 5.69 Å². The topological polar surface area (TPSA) is 79.6 Å². The van der Waals surface area contributed by atoms with Crippen LogP contribution in [0.4, 0.5) is 10.5 Å². The number of nitrogens with one attached hydrogen (secondary N) is 1. The lowest BCUT2D eigenvalue weighted by Crippen LogP contribution is -2.54. The third kappa shape index (κ3) is 2.74. The van der Waals surface area contributed by atoms with E-state index >= 15 is 0 Å². The van der Waals surface area contributed by atoms with Crippen LogP contribution in [0, 0.1) is 20.8 Å². The van der Waals surface area contributed by atoms with Gasteiger partial charge in [-0.25, -0.2) is 9.69 Å². The van der Waals surface area contributed by atoms with Gasteiger partial charge in [0.1, 0.15) is 17.1 Å². The second kappa shape index (κ2) is 5.81. The Bertz CT molecular complexity index is 892. The molecule has 0 radical (unpaired) electrons. The van der Waals surface area contributed by atoms with E-state index in [4.69, 9.17) is 4.42 Å². The molecule has 1 N–H and O–H groups in total. The molecule has 0 saturated carbocycles. The molecule has 0 bridgehead atoms. The number of barbiturate groups is 1. The van der Waals surface area contributed by atoms with Gasteiger partial charge in [0.15, 0.2) is 0 Å². The highest BCUT2D eigenvalue weighted by Gasteiger charge is 2.37. The number of carbonyl (C=O) groups excluding carboxylic acids is 3. The van der Waals surface area contributed by atoms with Crippen molar-refractivity contribution in [1.29, 1.82) is 0 Å². The first-order chi connectivity index (χ1) is 11.4. The minimum Gasteiger partial charge on any atom is -0.462 e. The van der Waals surface area contributed by atoms with Gasteiger partial charge < -0.3 is 4.42 Å². The van der Waals surface area contributed by atoms with Crippen LogP contribution in [0.25, 0.3) is 6.08 Å². The molecule has 1 fully saturated rings. The molecule has 2 aromatic rings. The Morgan fingerprint density at radius 2 is 1.75 bits per heavy atom. The summed E-state index contributed by atoms with van der Waals surface area (Å²) in [5.41, 5.74) is 2.25. The highest BCUT2D eigenvalue weighted by atomic mass is 16.3. The van der Waals surface area contributed by atoms with Crippen molar-refractivity contribution in [2.24, 2.45) is 0 Å². The molecule has 2 heterocycles.